The highest BCUT2D eigenvalue weighted by Crippen LogP contribution is 2.27. The summed E-state index contributed by atoms with van der Waals surface area (Å²) in [6, 6.07) is 13.6. The molecule has 4 nitrogen and oxygen atoms in total. The first-order chi connectivity index (χ1) is 12.5. The lowest BCUT2D eigenvalue weighted by atomic mass is 9.90. The van der Waals surface area contributed by atoms with Crippen LogP contribution in [0.1, 0.15) is 29.5 Å². The summed E-state index contributed by atoms with van der Waals surface area (Å²) in [7, 11) is 0. The van der Waals surface area contributed by atoms with Crippen molar-refractivity contribution in [1.82, 2.24) is 4.90 Å². The average molecular weight is 372 g/mol. The van der Waals surface area contributed by atoms with Gasteiger partial charge in [-0.2, -0.15) is 0 Å². The molecule has 2 amide bonds. The molecule has 3 N–H and O–H groups in total. The number of rotatable bonds is 5. The number of piperidine rings is 1. The van der Waals surface area contributed by atoms with Crippen LogP contribution < -0.4 is 11.1 Å². The first-order valence-corrected chi connectivity index (χ1v) is 9.51. The first kappa shape index (κ1) is 18.7. The van der Waals surface area contributed by atoms with E-state index in [-0.39, 0.29) is 0 Å². The third kappa shape index (κ3) is 4.99. The van der Waals surface area contributed by atoms with Gasteiger partial charge in [0.1, 0.15) is 0 Å². The third-order valence-electron chi connectivity index (χ3n) is 5.17. The maximum absolute atomic E-state index is 11.3. The molecule has 1 aliphatic rings. The number of halogens is 1. The molecule has 1 fully saturated rings. The molecule has 0 atom stereocenters. The Bertz CT molecular complexity index is 770. The second kappa shape index (κ2) is 8.56. The van der Waals surface area contributed by atoms with Crippen LogP contribution in [-0.2, 0) is 13.0 Å². The van der Waals surface area contributed by atoms with Crippen LogP contribution in [0, 0.1) is 12.8 Å². The minimum atomic E-state index is -0.517. The van der Waals surface area contributed by atoms with Crippen molar-refractivity contribution < 1.29 is 4.79 Å². The van der Waals surface area contributed by atoms with Crippen LogP contribution in [0.15, 0.2) is 42.5 Å². The second-order valence-electron chi connectivity index (χ2n) is 7.14. The van der Waals surface area contributed by atoms with Crippen molar-refractivity contribution >= 4 is 23.3 Å². The van der Waals surface area contributed by atoms with Crippen LogP contribution in [0.3, 0.4) is 0 Å². The fourth-order valence-electron chi connectivity index (χ4n) is 3.73. The first-order valence-electron chi connectivity index (χ1n) is 9.13. The van der Waals surface area contributed by atoms with Crippen molar-refractivity contribution in [3.05, 3.63) is 64.2 Å². The molecule has 2 aromatic carbocycles. The molecular weight excluding hydrogens is 346 g/mol. The number of nitrogens with two attached hydrogens (primary N) is 1. The predicted molar refractivity (Wildman–Crippen MR) is 108 cm³/mol. The number of nitrogens with one attached hydrogen (secondary N) is 1. The Balaban J connectivity index is 1.58. The Labute approximate surface area is 160 Å². The van der Waals surface area contributed by atoms with Crippen LogP contribution >= 0.6 is 11.6 Å². The van der Waals surface area contributed by atoms with Gasteiger partial charge in [-0.15, -0.1) is 0 Å². The van der Waals surface area contributed by atoms with Gasteiger partial charge in [-0.05, 0) is 80.1 Å². The Morgan fingerprint density at radius 2 is 1.96 bits per heavy atom. The van der Waals surface area contributed by atoms with E-state index in [9.17, 15) is 4.79 Å². The Kier molecular flexibility index (Phi) is 6.17. The Hall–Kier alpha value is -2.04. The predicted octanol–water partition coefficient (Wildman–Crippen LogP) is 4.59. The highest BCUT2D eigenvalue weighted by molar-refractivity contribution is 6.30. The summed E-state index contributed by atoms with van der Waals surface area (Å²) in [5.74, 6) is 0.699. The van der Waals surface area contributed by atoms with E-state index in [4.69, 9.17) is 17.3 Å². The maximum atomic E-state index is 11.3. The molecule has 3 rings (SSSR count). The van der Waals surface area contributed by atoms with Crippen LogP contribution in [0.25, 0.3) is 0 Å². The zero-order valence-corrected chi connectivity index (χ0v) is 15.9. The molecular formula is C21H26ClN3O. The monoisotopic (exact) mass is 371 g/mol. The quantitative estimate of drug-likeness (QED) is 0.807. The van der Waals surface area contributed by atoms with Crippen molar-refractivity contribution in [2.45, 2.75) is 32.7 Å². The average Bonchev–Trinajstić information content (AvgIpc) is 2.59. The van der Waals surface area contributed by atoms with E-state index in [2.05, 4.69) is 35.3 Å². The zero-order valence-electron chi connectivity index (χ0n) is 15.2. The second-order valence-corrected chi connectivity index (χ2v) is 7.58. The molecule has 138 valence electrons. The molecule has 0 spiro atoms. The summed E-state index contributed by atoms with van der Waals surface area (Å²) in [4.78, 5) is 13.7. The van der Waals surface area contributed by atoms with Gasteiger partial charge in [0.15, 0.2) is 0 Å². The molecule has 0 saturated carbocycles. The largest absolute Gasteiger partial charge is 0.351 e. The summed E-state index contributed by atoms with van der Waals surface area (Å²) in [5.41, 5.74) is 9.78. The van der Waals surface area contributed by atoms with Gasteiger partial charge in [0.25, 0.3) is 0 Å². The molecule has 26 heavy (non-hydrogen) atoms. The van der Waals surface area contributed by atoms with Crippen LogP contribution in [0.2, 0.25) is 5.02 Å². The maximum Gasteiger partial charge on any atom is 0.316 e. The molecule has 2 aromatic rings. The molecule has 1 heterocycles. The summed E-state index contributed by atoms with van der Waals surface area (Å²) in [6.45, 7) is 5.05. The van der Waals surface area contributed by atoms with Crippen molar-refractivity contribution in [2.24, 2.45) is 11.7 Å². The lowest BCUT2D eigenvalue weighted by Crippen LogP contribution is -2.34. The summed E-state index contributed by atoms with van der Waals surface area (Å²) in [5, 5.41) is 3.56. The number of urea groups is 1. The number of carbonyl (C=O) groups excluding carboxylic acids is 1. The van der Waals surface area contributed by atoms with E-state index < -0.39 is 6.03 Å². The molecule has 0 aliphatic carbocycles. The lowest BCUT2D eigenvalue weighted by Gasteiger charge is -2.33. The highest BCUT2D eigenvalue weighted by atomic mass is 35.5. The molecule has 5 heteroatoms. The molecule has 0 aromatic heterocycles. The van der Waals surface area contributed by atoms with Crippen molar-refractivity contribution in [3.63, 3.8) is 0 Å². The van der Waals surface area contributed by atoms with E-state index in [0.717, 1.165) is 42.3 Å². The third-order valence-corrected chi connectivity index (χ3v) is 5.41. The number of hydrogen-bond acceptors (Lipinski definition) is 2. The van der Waals surface area contributed by atoms with Crippen molar-refractivity contribution in [2.75, 3.05) is 18.4 Å². The number of aryl methyl sites for hydroxylation is 1. The van der Waals surface area contributed by atoms with Gasteiger partial charge in [-0.1, -0.05) is 35.9 Å². The number of anilines is 1. The van der Waals surface area contributed by atoms with Crippen molar-refractivity contribution in [1.29, 1.82) is 0 Å². The smallest absolute Gasteiger partial charge is 0.316 e. The van der Waals surface area contributed by atoms with E-state index >= 15 is 0 Å². The fourth-order valence-corrected chi connectivity index (χ4v) is 3.94. The summed E-state index contributed by atoms with van der Waals surface area (Å²) in [6.07, 6.45) is 3.45. The molecule has 0 bridgehead atoms. The van der Waals surface area contributed by atoms with E-state index in [1.54, 1.807) is 0 Å². The van der Waals surface area contributed by atoms with Gasteiger partial charge in [0.05, 0.1) is 0 Å². The van der Waals surface area contributed by atoms with E-state index in [1.807, 2.05) is 24.3 Å². The van der Waals surface area contributed by atoms with Gasteiger partial charge in [0.2, 0.25) is 0 Å². The number of primary amides is 1. The number of hydrogen-bond donors (Lipinski definition) is 2. The number of likely N-dealkylation sites (tertiary alicyclic amines) is 1. The van der Waals surface area contributed by atoms with Gasteiger partial charge in [-0.25, -0.2) is 4.79 Å². The molecule has 0 radical (unpaired) electrons. The van der Waals surface area contributed by atoms with E-state index in [1.165, 1.54) is 24.0 Å². The van der Waals surface area contributed by atoms with Gasteiger partial charge in [-0.3, -0.25) is 4.90 Å². The van der Waals surface area contributed by atoms with E-state index in [0.29, 0.717) is 5.92 Å². The number of benzene rings is 2. The van der Waals surface area contributed by atoms with Gasteiger partial charge < -0.3 is 11.1 Å². The lowest BCUT2D eigenvalue weighted by molar-refractivity contribution is 0.177. The van der Waals surface area contributed by atoms with Gasteiger partial charge in [0, 0.05) is 17.3 Å². The minimum absolute atomic E-state index is 0.517. The summed E-state index contributed by atoms with van der Waals surface area (Å²) >= 11 is 6.09. The fraction of sp³-hybridized carbons (Fsp3) is 0.381. The van der Waals surface area contributed by atoms with Crippen LogP contribution in [0.4, 0.5) is 10.5 Å². The summed E-state index contributed by atoms with van der Waals surface area (Å²) < 4.78 is 0. The number of amides is 2. The molecule has 1 aliphatic heterocycles. The molecule has 0 unspecified atom stereocenters. The van der Waals surface area contributed by atoms with Crippen LogP contribution in [0.5, 0.6) is 0 Å². The Morgan fingerprint density at radius 3 is 2.65 bits per heavy atom. The standard InChI is InChI=1S/C21H26ClN3O/c1-15-4-2-7-20(24-21(23)26)19(15)14-25-10-8-16(9-11-25)12-17-5-3-6-18(22)13-17/h2-7,13,16H,8-12,14H2,1H3,(H3,23,24,26). The highest BCUT2D eigenvalue weighted by Gasteiger charge is 2.21. The number of nitrogens with zero attached hydrogens (tertiary/aromatic N) is 1. The normalized spacial score (nSPS) is 15.8. The Morgan fingerprint density at radius 1 is 1.23 bits per heavy atom. The SMILES string of the molecule is Cc1cccc(NC(N)=O)c1CN1CCC(Cc2cccc(Cl)c2)CC1. The van der Waals surface area contributed by atoms with Crippen LogP contribution in [-0.4, -0.2) is 24.0 Å². The topological polar surface area (TPSA) is 58.4 Å². The zero-order chi connectivity index (χ0) is 18.5. The minimum Gasteiger partial charge on any atom is -0.351 e. The number of carbonyl (C=O) groups is 1. The van der Waals surface area contributed by atoms with Gasteiger partial charge >= 0.3 is 6.03 Å². The van der Waals surface area contributed by atoms with Crippen molar-refractivity contribution in [3.8, 4) is 0 Å². The molecule has 1 saturated heterocycles.